The number of likely N-dealkylation sites (N-methyl/N-ethyl adjacent to an activating group) is 1. The molecule has 0 aromatic heterocycles. The molecule has 1 aliphatic rings. The number of carbonyl (C=O) groups is 2. The lowest BCUT2D eigenvalue weighted by molar-refractivity contribution is -0.140. The van der Waals surface area contributed by atoms with Gasteiger partial charge in [-0.3, -0.25) is 4.90 Å². The number of nitrogens with one attached hydrogen (secondary N) is 1. The molecule has 0 saturated carbocycles. The standard InChI is InChI=1S/C11H21N3O4/c1-11(2)7-14(5-4-13(11)3)10(18)12-8(6-15)9(16)17/h8,15H,4-7H2,1-3H3,(H,12,18)(H,16,17)/t8-/m0/s1. The average molecular weight is 259 g/mol. The molecule has 0 bridgehead atoms. The molecule has 1 fully saturated rings. The van der Waals surface area contributed by atoms with Crippen LogP contribution in [-0.4, -0.2) is 76.9 Å². The number of piperazine rings is 1. The number of hydrogen-bond acceptors (Lipinski definition) is 4. The topological polar surface area (TPSA) is 93.1 Å². The van der Waals surface area contributed by atoms with Crippen molar-refractivity contribution in [3.8, 4) is 0 Å². The maximum absolute atomic E-state index is 11.9. The van der Waals surface area contributed by atoms with E-state index in [0.29, 0.717) is 13.1 Å². The Morgan fingerprint density at radius 1 is 1.39 bits per heavy atom. The number of aliphatic hydroxyl groups excluding tert-OH is 1. The zero-order valence-corrected chi connectivity index (χ0v) is 11.0. The highest BCUT2D eigenvalue weighted by atomic mass is 16.4. The van der Waals surface area contributed by atoms with Crippen LogP contribution in [0.3, 0.4) is 0 Å². The number of carboxylic acid groups (broad SMARTS) is 1. The number of nitrogens with zero attached hydrogens (tertiary/aromatic N) is 2. The van der Waals surface area contributed by atoms with Crippen molar-refractivity contribution >= 4 is 12.0 Å². The van der Waals surface area contributed by atoms with Crippen LogP contribution in [0.1, 0.15) is 13.8 Å². The first kappa shape index (κ1) is 14.7. The summed E-state index contributed by atoms with van der Waals surface area (Å²) in [4.78, 5) is 26.3. The Morgan fingerprint density at radius 3 is 2.44 bits per heavy atom. The van der Waals surface area contributed by atoms with Crippen molar-refractivity contribution in [1.29, 1.82) is 0 Å². The van der Waals surface area contributed by atoms with Crippen LogP contribution in [0.5, 0.6) is 0 Å². The molecule has 3 N–H and O–H groups in total. The van der Waals surface area contributed by atoms with Gasteiger partial charge in [-0.2, -0.15) is 0 Å². The van der Waals surface area contributed by atoms with Gasteiger partial charge in [-0.05, 0) is 20.9 Å². The van der Waals surface area contributed by atoms with Crippen LogP contribution in [0.25, 0.3) is 0 Å². The fourth-order valence-corrected chi connectivity index (χ4v) is 1.84. The number of aliphatic hydroxyl groups is 1. The van der Waals surface area contributed by atoms with Crippen LogP contribution in [0.4, 0.5) is 4.79 Å². The molecule has 1 saturated heterocycles. The lowest BCUT2D eigenvalue weighted by atomic mass is 10.00. The number of carbonyl (C=O) groups excluding carboxylic acids is 1. The number of aliphatic carboxylic acids is 1. The lowest BCUT2D eigenvalue weighted by Crippen LogP contribution is -2.61. The Labute approximate surface area is 106 Å². The zero-order chi connectivity index (χ0) is 13.9. The molecule has 0 unspecified atom stereocenters. The summed E-state index contributed by atoms with van der Waals surface area (Å²) in [6.45, 7) is 5.23. The summed E-state index contributed by atoms with van der Waals surface area (Å²) in [6.07, 6.45) is 0. The maximum Gasteiger partial charge on any atom is 0.328 e. The van der Waals surface area contributed by atoms with Crippen molar-refractivity contribution in [3.63, 3.8) is 0 Å². The first-order chi connectivity index (χ1) is 8.27. The van der Waals surface area contributed by atoms with Crippen molar-refractivity contribution in [3.05, 3.63) is 0 Å². The SMILES string of the molecule is CN1CCN(C(=O)N[C@@H](CO)C(=O)O)CC1(C)C. The fourth-order valence-electron chi connectivity index (χ4n) is 1.84. The number of amides is 2. The molecule has 0 spiro atoms. The second kappa shape index (κ2) is 5.53. The summed E-state index contributed by atoms with van der Waals surface area (Å²) < 4.78 is 0. The Bertz CT molecular complexity index is 332. The number of carboxylic acids is 1. The minimum absolute atomic E-state index is 0.145. The Morgan fingerprint density at radius 2 is 2.00 bits per heavy atom. The second-order valence-corrected chi connectivity index (χ2v) is 5.18. The Hall–Kier alpha value is -1.34. The van der Waals surface area contributed by atoms with Gasteiger partial charge in [-0.25, -0.2) is 9.59 Å². The fraction of sp³-hybridized carbons (Fsp3) is 0.818. The molecule has 0 aromatic rings. The van der Waals surface area contributed by atoms with Crippen LogP contribution in [0, 0.1) is 0 Å². The molecule has 18 heavy (non-hydrogen) atoms. The van der Waals surface area contributed by atoms with E-state index in [1.807, 2.05) is 20.9 Å². The highest BCUT2D eigenvalue weighted by molar-refractivity contribution is 5.82. The van der Waals surface area contributed by atoms with Gasteiger partial charge < -0.3 is 20.4 Å². The van der Waals surface area contributed by atoms with Gasteiger partial charge in [0.05, 0.1) is 6.61 Å². The van der Waals surface area contributed by atoms with Gasteiger partial charge in [0.15, 0.2) is 6.04 Å². The third-order valence-electron chi connectivity index (χ3n) is 3.38. The van der Waals surface area contributed by atoms with E-state index >= 15 is 0 Å². The number of hydrogen-bond donors (Lipinski definition) is 3. The first-order valence-corrected chi connectivity index (χ1v) is 5.88. The number of urea groups is 1. The van der Waals surface area contributed by atoms with Crippen LogP contribution in [-0.2, 0) is 4.79 Å². The van der Waals surface area contributed by atoms with Crippen molar-refractivity contribution in [2.75, 3.05) is 33.3 Å². The monoisotopic (exact) mass is 259 g/mol. The van der Waals surface area contributed by atoms with Gasteiger partial charge in [0, 0.05) is 25.2 Å². The van der Waals surface area contributed by atoms with E-state index in [1.54, 1.807) is 4.90 Å². The smallest absolute Gasteiger partial charge is 0.328 e. The molecule has 0 aliphatic carbocycles. The van der Waals surface area contributed by atoms with E-state index in [-0.39, 0.29) is 5.54 Å². The maximum atomic E-state index is 11.9. The van der Waals surface area contributed by atoms with Crippen LogP contribution >= 0.6 is 0 Å². The van der Waals surface area contributed by atoms with Crippen LogP contribution < -0.4 is 5.32 Å². The third-order valence-corrected chi connectivity index (χ3v) is 3.38. The molecule has 1 heterocycles. The van der Waals surface area contributed by atoms with Crippen molar-refractivity contribution < 1.29 is 19.8 Å². The molecule has 2 amide bonds. The van der Waals surface area contributed by atoms with Gasteiger partial charge in [0.25, 0.3) is 0 Å². The molecular formula is C11H21N3O4. The molecule has 0 radical (unpaired) electrons. The third kappa shape index (κ3) is 3.33. The van der Waals surface area contributed by atoms with Gasteiger partial charge in [-0.1, -0.05) is 0 Å². The van der Waals surface area contributed by atoms with E-state index < -0.39 is 24.6 Å². The van der Waals surface area contributed by atoms with Crippen molar-refractivity contribution in [2.24, 2.45) is 0 Å². The summed E-state index contributed by atoms with van der Waals surface area (Å²) in [5.74, 6) is -1.24. The highest BCUT2D eigenvalue weighted by Gasteiger charge is 2.34. The molecule has 1 atom stereocenters. The summed E-state index contributed by atoms with van der Waals surface area (Å²) in [7, 11) is 1.99. The van der Waals surface area contributed by atoms with Gasteiger partial charge in [0.1, 0.15) is 0 Å². The summed E-state index contributed by atoms with van der Waals surface area (Å²) in [6, 6.07) is -1.70. The minimum atomic E-state index is -1.25. The molecule has 104 valence electrons. The molecule has 1 rings (SSSR count). The van der Waals surface area contributed by atoms with Crippen molar-refractivity contribution in [1.82, 2.24) is 15.1 Å². The van der Waals surface area contributed by atoms with Crippen LogP contribution in [0.2, 0.25) is 0 Å². The first-order valence-electron chi connectivity index (χ1n) is 5.88. The molecule has 1 aliphatic heterocycles. The van der Waals surface area contributed by atoms with Crippen molar-refractivity contribution in [2.45, 2.75) is 25.4 Å². The normalized spacial score (nSPS) is 21.4. The quantitative estimate of drug-likeness (QED) is 0.615. The number of rotatable bonds is 3. The lowest BCUT2D eigenvalue weighted by Gasteiger charge is -2.45. The van der Waals surface area contributed by atoms with Gasteiger partial charge in [-0.15, -0.1) is 0 Å². The summed E-state index contributed by atoms with van der Waals surface area (Å²) in [5, 5.41) is 19.9. The highest BCUT2D eigenvalue weighted by Crippen LogP contribution is 2.18. The molecule has 0 aromatic carbocycles. The van der Waals surface area contributed by atoms with E-state index in [1.165, 1.54) is 0 Å². The van der Waals surface area contributed by atoms with E-state index in [9.17, 15) is 9.59 Å². The van der Waals surface area contributed by atoms with E-state index in [2.05, 4.69) is 10.2 Å². The Kier molecular flexibility index (Phi) is 4.53. The van der Waals surface area contributed by atoms with Gasteiger partial charge in [0.2, 0.25) is 0 Å². The predicted molar refractivity (Wildman–Crippen MR) is 65.3 cm³/mol. The largest absolute Gasteiger partial charge is 0.480 e. The van der Waals surface area contributed by atoms with Crippen LogP contribution in [0.15, 0.2) is 0 Å². The molecule has 7 nitrogen and oxygen atoms in total. The van der Waals surface area contributed by atoms with Gasteiger partial charge >= 0.3 is 12.0 Å². The summed E-state index contributed by atoms with van der Waals surface area (Å²) in [5.41, 5.74) is -0.145. The zero-order valence-electron chi connectivity index (χ0n) is 11.0. The molecule has 7 heteroatoms. The summed E-state index contributed by atoms with van der Waals surface area (Å²) >= 11 is 0. The Balaban J connectivity index is 2.60. The van der Waals surface area contributed by atoms with E-state index in [0.717, 1.165) is 6.54 Å². The van der Waals surface area contributed by atoms with E-state index in [4.69, 9.17) is 10.2 Å². The predicted octanol–water partition coefficient (Wildman–Crippen LogP) is -0.832. The average Bonchev–Trinajstić information content (AvgIpc) is 2.28. The second-order valence-electron chi connectivity index (χ2n) is 5.18. The minimum Gasteiger partial charge on any atom is -0.480 e. The molecular weight excluding hydrogens is 238 g/mol.